The van der Waals surface area contributed by atoms with Crippen LogP contribution in [0.2, 0.25) is 0 Å². The number of nitrogens with one attached hydrogen (secondary N) is 2. The molecule has 3 heterocycles. The highest BCUT2D eigenvalue weighted by molar-refractivity contribution is 5.88. The molecule has 0 saturated carbocycles. The highest BCUT2D eigenvalue weighted by Gasteiger charge is 2.11. The third-order valence-electron chi connectivity index (χ3n) is 3.64. The molecule has 25 heavy (non-hydrogen) atoms. The molecule has 0 bridgehead atoms. The molecule has 0 spiro atoms. The highest BCUT2D eigenvalue weighted by atomic mass is 16.2. The molecule has 0 aliphatic heterocycles. The first-order chi connectivity index (χ1) is 12.0. The van der Waals surface area contributed by atoms with Gasteiger partial charge in [0.1, 0.15) is 11.6 Å². The SMILES string of the molecule is Cc1cc2nc(NC(=O)NCCCn3cccn3)cc(N(C)C)n2n1. The lowest BCUT2D eigenvalue weighted by atomic mass is 10.4. The van der Waals surface area contributed by atoms with Crippen molar-refractivity contribution in [2.75, 3.05) is 30.9 Å². The Morgan fingerprint density at radius 1 is 1.32 bits per heavy atom. The maximum atomic E-state index is 12.1. The number of fused-ring (bicyclic) bond motifs is 1. The van der Waals surface area contributed by atoms with Crippen LogP contribution >= 0.6 is 0 Å². The van der Waals surface area contributed by atoms with Crippen LogP contribution in [0.3, 0.4) is 0 Å². The predicted octanol–water partition coefficient (Wildman–Crippen LogP) is 1.51. The highest BCUT2D eigenvalue weighted by Crippen LogP contribution is 2.19. The minimum absolute atomic E-state index is 0.279. The summed E-state index contributed by atoms with van der Waals surface area (Å²) in [6.45, 7) is 3.23. The van der Waals surface area contributed by atoms with Crippen molar-refractivity contribution >= 4 is 23.3 Å². The molecule has 0 saturated heterocycles. The van der Waals surface area contributed by atoms with Crippen LogP contribution in [-0.2, 0) is 6.54 Å². The first kappa shape index (κ1) is 16.7. The van der Waals surface area contributed by atoms with E-state index >= 15 is 0 Å². The van der Waals surface area contributed by atoms with Crippen molar-refractivity contribution in [2.24, 2.45) is 0 Å². The molecule has 0 aliphatic rings. The summed E-state index contributed by atoms with van der Waals surface area (Å²) < 4.78 is 3.59. The molecule has 9 heteroatoms. The summed E-state index contributed by atoms with van der Waals surface area (Å²) in [5, 5.41) is 14.1. The molecule has 2 N–H and O–H groups in total. The van der Waals surface area contributed by atoms with E-state index in [0.29, 0.717) is 18.0 Å². The van der Waals surface area contributed by atoms with Crippen molar-refractivity contribution in [1.29, 1.82) is 0 Å². The number of aromatic nitrogens is 5. The zero-order valence-electron chi connectivity index (χ0n) is 14.6. The number of carbonyl (C=O) groups is 1. The van der Waals surface area contributed by atoms with Crippen LogP contribution in [0.25, 0.3) is 5.65 Å². The summed E-state index contributed by atoms with van der Waals surface area (Å²) in [5.74, 6) is 1.33. The molecule has 3 rings (SSSR count). The van der Waals surface area contributed by atoms with Gasteiger partial charge >= 0.3 is 6.03 Å². The second kappa shape index (κ2) is 7.20. The lowest BCUT2D eigenvalue weighted by Crippen LogP contribution is -2.30. The lowest BCUT2D eigenvalue weighted by Gasteiger charge is -2.15. The van der Waals surface area contributed by atoms with E-state index in [1.165, 1.54) is 0 Å². The Morgan fingerprint density at radius 2 is 2.16 bits per heavy atom. The molecular weight excluding hydrogens is 320 g/mol. The van der Waals surface area contributed by atoms with E-state index in [9.17, 15) is 4.79 Å². The molecular formula is C16H22N8O. The minimum atomic E-state index is -0.279. The van der Waals surface area contributed by atoms with E-state index in [1.54, 1.807) is 16.8 Å². The zero-order valence-corrected chi connectivity index (χ0v) is 14.6. The number of hydrogen-bond acceptors (Lipinski definition) is 5. The van der Waals surface area contributed by atoms with Gasteiger partial charge in [0.05, 0.1) is 5.69 Å². The number of urea groups is 1. The fraction of sp³-hybridized carbons (Fsp3) is 0.375. The molecule has 3 aromatic heterocycles. The van der Waals surface area contributed by atoms with Crippen molar-refractivity contribution in [2.45, 2.75) is 19.9 Å². The second-order valence-corrected chi connectivity index (χ2v) is 5.95. The Labute approximate surface area is 145 Å². The van der Waals surface area contributed by atoms with Gasteiger partial charge in [0.2, 0.25) is 0 Å². The minimum Gasteiger partial charge on any atom is -0.363 e. The van der Waals surface area contributed by atoms with Gasteiger partial charge in [-0.05, 0) is 19.4 Å². The molecule has 0 fully saturated rings. The standard InChI is InChI=1S/C16H22N8O/c1-12-10-14-19-13(11-15(22(2)3)24(14)21-12)20-16(25)17-6-4-8-23-9-5-7-18-23/h5,7,9-11H,4,6,8H2,1-3H3,(H2,17,19,20,25). The van der Waals surface area contributed by atoms with Crippen LogP contribution in [0.4, 0.5) is 16.4 Å². The van der Waals surface area contributed by atoms with E-state index in [0.717, 1.165) is 24.5 Å². The van der Waals surface area contributed by atoms with Crippen molar-refractivity contribution in [3.8, 4) is 0 Å². The van der Waals surface area contributed by atoms with Crippen LogP contribution in [-0.4, -0.2) is 51.0 Å². The molecule has 132 valence electrons. The average Bonchev–Trinajstić information content (AvgIpc) is 3.19. The third-order valence-corrected chi connectivity index (χ3v) is 3.64. The largest absolute Gasteiger partial charge is 0.363 e. The van der Waals surface area contributed by atoms with E-state index in [-0.39, 0.29) is 6.03 Å². The van der Waals surface area contributed by atoms with Gasteiger partial charge in [0, 0.05) is 51.7 Å². The van der Waals surface area contributed by atoms with Crippen LogP contribution < -0.4 is 15.5 Å². The van der Waals surface area contributed by atoms with Gasteiger partial charge in [-0.15, -0.1) is 0 Å². The summed E-state index contributed by atoms with van der Waals surface area (Å²) in [4.78, 5) is 18.4. The predicted molar refractivity (Wildman–Crippen MR) is 95.9 cm³/mol. The summed E-state index contributed by atoms with van der Waals surface area (Å²) in [6.07, 6.45) is 4.43. The Balaban J connectivity index is 1.60. The Kier molecular flexibility index (Phi) is 4.82. The molecule has 0 unspecified atom stereocenters. The first-order valence-corrected chi connectivity index (χ1v) is 8.10. The monoisotopic (exact) mass is 342 g/mol. The van der Waals surface area contributed by atoms with Gasteiger partial charge in [-0.1, -0.05) is 0 Å². The smallest absolute Gasteiger partial charge is 0.320 e. The average molecular weight is 342 g/mol. The molecule has 0 radical (unpaired) electrons. The number of anilines is 2. The summed E-state index contributed by atoms with van der Waals surface area (Å²) in [7, 11) is 3.84. The topological polar surface area (TPSA) is 92.4 Å². The molecule has 3 aromatic rings. The number of hydrogen-bond donors (Lipinski definition) is 2. The van der Waals surface area contributed by atoms with Crippen LogP contribution in [0, 0.1) is 6.92 Å². The molecule has 2 amide bonds. The summed E-state index contributed by atoms with van der Waals surface area (Å²) >= 11 is 0. The van der Waals surface area contributed by atoms with E-state index in [2.05, 4.69) is 25.8 Å². The number of amides is 2. The number of nitrogens with zero attached hydrogens (tertiary/aromatic N) is 6. The van der Waals surface area contributed by atoms with Gasteiger partial charge < -0.3 is 10.2 Å². The number of aryl methyl sites for hydroxylation is 2. The Hall–Kier alpha value is -3.10. The lowest BCUT2D eigenvalue weighted by molar-refractivity contribution is 0.251. The number of rotatable bonds is 6. The number of carbonyl (C=O) groups excluding carboxylic acids is 1. The van der Waals surface area contributed by atoms with Gasteiger partial charge in [-0.3, -0.25) is 10.00 Å². The molecule has 9 nitrogen and oxygen atoms in total. The maximum Gasteiger partial charge on any atom is 0.320 e. The van der Waals surface area contributed by atoms with E-state index in [4.69, 9.17) is 0 Å². The first-order valence-electron chi connectivity index (χ1n) is 8.10. The van der Waals surface area contributed by atoms with Gasteiger partial charge in [0.15, 0.2) is 5.65 Å². The fourth-order valence-electron chi connectivity index (χ4n) is 2.49. The Morgan fingerprint density at radius 3 is 2.88 bits per heavy atom. The molecule has 0 aromatic carbocycles. The maximum absolute atomic E-state index is 12.1. The zero-order chi connectivity index (χ0) is 17.8. The van der Waals surface area contributed by atoms with Gasteiger partial charge in [-0.25, -0.2) is 9.78 Å². The van der Waals surface area contributed by atoms with Crippen molar-refractivity contribution in [3.63, 3.8) is 0 Å². The van der Waals surface area contributed by atoms with Crippen molar-refractivity contribution < 1.29 is 4.79 Å². The van der Waals surface area contributed by atoms with Crippen LogP contribution in [0.5, 0.6) is 0 Å². The molecule has 0 aliphatic carbocycles. The summed E-state index contributed by atoms with van der Waals surface area (Å²) in [5.41, 5.74) is 1.56. The van der Waals surface area contributed by atoms with Crippen molar-refractivity contribution in [3.05, 3.63) is 36.3 Å². The van der Waals surface area contributed by atoms with E-state index < -0.39 is 0 Å². The normalized spacial score (nSPS) is 10.8. The van der Waals surface area contributed by atoms with E-state index in [1.807, 2.05) is 48.9 Å². The van der Waals surface area contributed by atoms with Gasteiger partial charge in [0.25, 0.3) is 0 Å². The van der Waals surface area contributed by atoms with Crippen LogP contribution in [0.15, 0.2) is 30.6 Å². The Bertz CT molecular complexity index is 853. The quantitative estimate of drug-likeness (QED) is 0.663. The van der Waals surface area contributed by atoms with Gasteiger partial charge in [-0.2, -0.15) is 14.7 Å². The molecule has 0 atom stereocenters. The fourth-order valence-corrected chi connectivity index (χ4v) is 2.49. The second-order valence-electron chi connectivity index (χ2n) is 5.95. The summed E-state index contributed by atoms with van der Waals surface area (Å²) in [6, 6.07) is 5.27. The third kappa shape index (κ3) is 4.06. The van der Waals surface area contributed by atoms with Crippen molar-refractivity contribution in [1.82, 2.24) is 29.7 Å². The van der Waals surface area contributed by atoms with Crippen LogP contribution in [0.1, 0.15) is 12.1 Å².